The number of alkyl halides is 3. The molecule has 0 spiro atoms. The quantitative estimate of drug-likeness (QED) is 0.653. The van der Waals surface area contributed by atoms with Crippen LogP contribution in [-0.4, -0.2) is 26.3 Å². The van der Waals surface area contributed by atoms with Gasteiger partial charge in [0.1, 0.15) is 5.75 Å². The fraction of sp³-hybridized carbons (Fsp3) is 0.222. The molecule has 7 heteroatoms. The van der Waals surface area contributed by atoms with Crippen LogP contribution >= 0.6 is 0 Å². The van der Waals surface area contributed by atoms with Crippen molar-refractivity contribution in [1.29, 1.82) is 0 Å². The van der Waals surface area contributed by atoms with E-state index < -0.39 is 11.7 Å². The summed E-state index contributed by atoms with van der Waals surface area (Å²) in [4.78, 5) is 14.8. The molecular formula is C18H17F3N2O2. The van der Waals surface area contributed by atoms with Gasteiger partial charge in [-0.15, -0.1) is 0 Å². The average Bonchev–Trinajstić information content (AvgIpc) is 2.57. The van der Waals surface area contributed by atoms with E-state index in [1.807, 2.05) is 6.92 Å². The lowest BCUT2D eigenvalue weighted by Gasteiger charge is -2.16. The Morgan fingerprint density at radius 2 is 1.92 bits per heavy atom. The Bertz CT molecular complexity index is 814. The molecule has 0 saturated carbocycles. The summed E-state index contributed by atoms with van der Waals surface area (Å²) in [7, 11) is 2.70. The van der Waals surface area contributed by atoms with Gasteiger partial charge in [0.15, 0.2) is 0 Å². The molecule has 0 heterocycles. The van der Waals surface area contributed by atoms with Gasteiger partial charge >= 0.3 is 6.18 Å². The molecule has 4 nitrogen and oxygen atoms in total. The minimum absolute atomic E-state index is 0.250. The number of halogens is 3. The number of hydrogen-bond donors (Lipinski definition) is 1. The van der Waals surface area contributed by atoms with E-state index in [4.69, 9.17) is 4.74 Å². The number of rotatable bonds is 5. The Morgan fingerprint density at radius 3 is 2.48 bits per heavy atom. The molecule has 1 amide bonds. The number of ether oxygens (including phenoxy) is 1. The first-order chi connectivity index (χ1) is 11.8. The molecule has 1 N–H and O–H groups in total. The molecule has 2 rings (SSSR count). The van der Waals surface area contributed by atoms with Gasteiger partial charge in [-0.25, -0.2) is 0 Å². The number of benzene rings is 2. The van der Waals surface area contributed by atoms with Crippen LogP contribution in [0.1, 0.15) is 22.3 Å². The van der Waals surface area contributed by atoms with E-state index in [1.54, 1.807) is 18.2 Å². The van der Waals surface area contributed by atoms with E-state index in [9.17, 15) is 18.0 Å². The zero-order valence-corrected chi connectivity index (χ0v) is 13.9. The molecular weight excluding hydrogens is 333 g/mol. The third-order valence-electron chi connectivity index (χ3n) is 3.72. The van der Waals surface area contributed by atoms with Crippen LogP contribution in [0.15, 0.2) is 41.4 Å². The van der Waals surface area contributed by atoms with Crippen LogP contribution in [0.5, 0.6) is 5.75 Å². The second kappa shape index (κ2) is 7.38. The zero-order valence-electron chi connectivity index (χ0n) is 13.9. The highest BCUT2D eigenvalue weighted by atomic mass is 19.4. The van der Waals surface area contributed by atoms with Gasteiger partial charge in [-0.3, -0.25) is 9.79 Å². The molecule has 0 aromatic heterocycles. The average molecular weight is 350 g/mol. The van der Waals surface area contributed by atoms with Crippen molar-refractivity contribution in [2.75, 3.05) is 19.5 Å². The molecule has 132 valence electrons. The van der Waals surface area contributed by atoms with Gasteiger partial charge in [0, 0.05) is 23.9 Å². The molecule has 0 atom stereocenters. The number of carbonyl (C=O) groups excluding carboxylic acids is 1. The number of hydrogen-bond acceptors (Lipinski definition) is 3. The smallest absolute Gasteiger partial charge is 0.419 e. The number of carbonyl (C=O) groups is 1. The number of anilines is 1. The lowest BCUT2D eigenvalue weighted by atomic mass is 9.96. The summed E-state index contributed by atoms with van der Waals surface area (Å²) >= 11 is 0. The summed E-state index contributed by atoms with van der Waals surface area (Å²) in [5.41, 5.74) is 1.81. The van der Waals surface area contributed by atoms with Gasteiger partial charge < -0.3 is 10.1 Å². The SMILES string of the molecule is CN=C(c1ccc(OC)c(C(F)(F)F)c1)c1cc(NC=O)ccc1C. The van der Waals surface area contributed by atoms with E-state index in [0.29, 0.717) is 28.9 Å². The van der Waals surface area contributed by atoms with Crippen molar-refractivity contribution in [2.24, 2.45) is 4.99 Å². The maximum Gasteiger partial charge on any atom is 0.419 e. The summed E-state index contributed by atoms with van der Waals surface area (Å²) < 4.78 is 44.6. The van der Waals surface area contributed by atoms with Gasteiger partial charge in [-0.05, 0) is 42.8 Å². The minimum Gasteiger partial charge on any atom is -0.496 e. The molecule has 0 unspecified atom stereocenters. The Kier molecular flexibility index (Phi) is 5.46. The second-order valence-electron chi connectivity index (χ2n) is 5.28. The van der Waals surface area contributed by atoms with Crippen LogP contribution in [0.25, 0.3) is 0 Å². The van der Waals surface area contributed by atoms with Crippen LogP contribution in [0.4, 0.5) is 18.9 Å². The molecule has 0 aliphatic rings. The van der Waals surface area contributed by atoms with E-state index in [1.165, 1.54) is 26.3 Å². The molecule has 0 bridgehead atoms. The summed E-state index contributed by atoms with van der Waals surface area (Å²) in [5.74, 6) is -0.250. The van der Waals surface area contributed by atoms with Crippen molar-refractivity contribution in [1.82, 2.24) is 0 Å². The molecule has 0 aliphatic heterocycles. The first kappa shape index (κ1) is 18.5. The van der Waals surface area contributed by atoms with E-state index in [2.05, 4.69) is 10.3 Å². The Labute approximate surface area is 143 Å². The number of aryl methyl sites for hydroxylation is 1. The van der Waals surface area contributed by atoms with Crippen LogP contribution in [0.2, 0.25) is 0 Å². The molecule has 0 saturated heterocycles. The van der Waals surface area contributed by atoms with Gasteiger partial charge in [0.25, 0.3) is 0 Å². The summed E-state index contributed by atoms with van der Waals surface area (Å²) in [6, 6.07) is 8.95. The molecule has 2 aromatic carbocycles. The molecule has 0 aliphatic carbocycles. The summed E-state index contributed by atoms with van der Waals surface area (Å²) in [6.07, 6.45) is -4.01. The highest BCUT2D eigenvalue weighted by Gasteiger charge is 2.35. The topological polar surface area (TPSA) is 50.7 Å². The number of methoxy groups -OCH3 is 1. The fourth-order valence-electron chi connectivity index (χ4n) is 2.52. The second-order valence-corrected chi connectivity index (χ2v) is 5.28. The van der Waals surface area contributed by atoms with Crippen molar-refractivity contribution >= 4 is 17.8 Å². The minimum atomic E-state index is -4.55. The predicted octanol–water partition coefficient (Wildman–Crippen LogP) is 4.06. The van der Waals surface area contributed by atoms with Crippen LogP contribution in [-0.2, 0) is 11.0 Å². The van der Waals surface area contributed by atoms with Crippen molar-refractivity contribution in [2.45, 2.75) is 13.1 Å². The molecule has 0 fully saturated rings. The first-order valence-corrected chi connectivity index (χ1v) is 7.35. The third kappa shape index (κ3) is 3.99. The number of amides is 1. The largest absolute Gasteiger partial charge is 0.496 e. The molecule has 2 aromatic rings. The van der Waals surface area contributed by atoms with Gasteiger partial charge in [0.2, 0.25) is 6.41 Å². The number of nitrogens with one attached hydrogen (secondary N) is 1. The highest BCUT2D eigenvalue weighted by Crippen LogP contribution is 2.37. The first-order valence-electron chi connectivity index (χ1n) is 7.35. The zero-order chi connectivity index (χ0) is 18.6. The number of aliphatic imine (C=N–C) groups is 1. The Balaban J connectivity index is 2.60. The van der Waals surface area contributed by atoms with Crippen molar-refractivity contribution < 1.29 is 22.7 Å². The van der Waals surface area contributed by atoms with E-state index in [0.717, 1.165) is 11.6 Å². The third-order valence-corrected chi connectivity index (χ3v) is 3.72. The normalized spacial score (nSPS) is 12.0. The molecule has 25 heavy (non-hydrogen) atoms. The van der Waals surface area contributed by atoms with Crippen LogP contribution in [0, 0.1) is 6.92 Å². The Morgan fingerprint density at radius 1 is 1.20 bits per heavy atom. The Hall–Kier alpha value is -2.83. The van der Waals surface area contributed by atoms with Crippen LogP contribution < -0.4 is 10.1 Å². The lowest BCUT2D eigenvalue weighted by Crippen LogP contribution is -2.12. The van der Waals surface area contributed by atoms with Gasteiger partial charge in [-0.2, -0.15) is 13.2 Å². The van der Waals surface area contributed by atoms with Crippen molar-refractivity contribution in [3.63, 3.8) is 0 Å². The monoisotopic (exact) mass is 350 g/mol. The summed E-state index contributed by atoms with van der Waals surface area (Å²) in [6.45, 7) is 1.82. The standard InChI is InChI=1S/C18H17F3N2O2/c1-11-4-6-13(23-10-24)9-14(11)17(22-2)12-5-7-16(25-3)15(8-12)18(19,20)21/h4-10H,1-3H3,(H,23,24). The van der Waals surface area contributed by atoms with Crippen LogP contribution in [0.3, 0.4) is 0 Å². The molecule has 0 radical (unpaired) electrons. The van der Waals surface area contributed by atoms with E-state index in [-0.39, 0.29) is 5.75 Å². The maximum atomic E-state index is 13.3. The number of nitrogens with zero attached hydrogens (tertiary/aromatic N) is 1. The highest BCUT2D eigenvalue weighted by molar-refractivity contribution is 6.14. The van der Waals surface area contributed by atoms with E-state index >= 15 is 0 Å². The lowest BCUT2D eigenvalue weighted by molar-refractivity contribution is -0.138. The predicted molar refractivity (Wildman–Crippen MR) is 90.4 cm³/mol. The maximum absolute atomic E-state index is 13.3. The van der Waals surface area contributed by atoms with Gasteiger partial charge in [-0.1, -0.05) is 6.07 Å². The van der Waals surface area contributed by atoms with Crippen molar-refractivity contribution in [3.8, 4) is 5.75 Å². The van der Waals surface area contributed by atoms with Crippen molar-refractivity contribution in [3.05, 3.63) is 58.7 Å². The fourth-order valence-corrected chi connectivity index (χ4v) is 2.52. The van der Waals surface area contributed by atoms with Gasteiger partial charge in [0.05, 0.1) is 18.4 Å². The summed E-state index contributed by atoms with van der Waals surface area (Å²) in [5, 5.41) is 2.52.